The molecule has 0 atom stereocenters. The molecule has 0 amide bonds. The van der Waals surface area contributed by atoms with Crippen LogP contribution in [-0.2, 0) is 0 Å². The topological polar surface area (TPSA) is 0 Å². The fraction of sp³-hybridized carbons (Fsp3) is 0.500. The number of hydrogen-bond donors (Lipinski definition) is 0. The molecule has 7 heavy (non-hydrogen) atoms. The van der Waals surface area contributed by atoms with E-state index in [-0.39, 0.29) is 0 Å². The molecule has 2 radical (unpaired) electrons. The SMILES string of the molecule is ClC1=CCCC[C]1. The summed E-state index contributed by atoms with van der Waals surface area (Å²) in [5.74, 6) is 0. The molecule has 0 N–H and O–H groups in total. The van der Waals surface area contributed by atoms with Crippen LogP contribution in [0.4, 0.5) is 0 Å². The first-order chi connectivity index (χ1) is 3.39. The van der Waals surface area contributed by atoms with Crippen molar-refractivity contribution in [2.45, 2.75) is 19.3 Å². The molecule has 0 saturated heterocycles. The van der Waals surface area contributed by atoms with Gasteiger partial charge in [0, 0.05) is 11.5 Å². The molecule has 0 unspecified atom stereocenters. The van der Waals surface area contributed by atoms with Gasteiger partial charge in [-0.2, -0.15) is 0 Å². The summed E-state index contributed by atoms with van der Waals surface area (Å²) in [7, 11) is 0. The molecule has 0 aromatic rings. The summed E-state index contributed by atoms with van der Waals surface area (Å²) in [6.45, 7) is 0. The maximum Gasteiger partial charge on any atom is 0.0286 e. The molecule has 1 heteroatoms. The molecular weight excluding hydrogens is 108 g/mol. The molecule has 0 aromatic carbocycles. The lowest BCUT2D eigenvalue weighted by Crippen LogP contribution is -1.84. The van der Waals surface area contributed by atoms with E-state index in [1.54, 1.807) is 0 Å². The second kappa shape index (κ2) is 2.37. The zero-order valence-corrected chi connectivity index (χ0v) is 4.83. The van der Waals surface area contributed by atoms with Gasteiger partial charge in [-0.05, 0) is 19.3 Å². The molecule has 38 valence electrons. The number of rotatable bonds is 0. The van der Waals surface area contributed by atoms with Crippen molar-refractivity contribution in [1.29, 1.82) is 0 Å². The van der Waals surface area contributed by atoms with Crippen LogP contribution in [0.25, 0.3) is 0 Å². The van der Waals surface area contributed by atoms with Crippen molar-refractivity contribution in [3.05, 3.63) is 17.5 Å². The fourth-order valence-electron chi connectivity index (χ4n) is 0.611. The van der Waals surface area contributed by atoms with Gasteiger partial charge in [-0.15, -0.1) is 0 Å². The monoisotopic (exact) mass is 114 g/mol. The highest BCUT2D eigenvalue weighted by Crippen LogP contribution is 2.18. The summed E-state index contributed by atoms with van der Waals surface area (Å²) in [5, 5.41) is 0.811. The van der Waals surface area contributed by atoms with Crippen LogP contribution in [0.2, 0.25) is 0 Å². The van der Waals surface area contributed by atoms with E-state index in [0.29, 0.717) is 0 Å². The highest BCUT2D eigenvalue weighted by Gasteiger charge is 1.98. The quantitative estimate of drug-likeness (QED) is 0.454. The first-order valence-electron chi connectivity index (χ1n) is 2.49. The Morgan fingerprint density at radius 1 is 1.71 bits per heavy atom. The van der Waals surface area contributed by atoms with Gasteiger partial charge in [0.2, 0.25) is 0 Å². The van der Waals surface area contributed by atoms with Crippen molar-refractivity contribution in [3.8, 4) is 0 Å². The zero-order valence-electron chi connectivity index (χ0n) is 4.08. The van der Waals surface area contributed by atoms with Crippen molar-refractivity contribution >= 4 is 11.6 Å². The Kier molecular flexibility index (Phi) is 1.75. The van der Waals surface area contributed by atoms with Crippen molar-refractivity contribution < 1.29 is 0 Å². The standard InChI is InChI=1S/C6H7Cl/c7-6-4-2-1-3-5-6/h4H,1-3H2. The zero-order chi connectivity index (χ0) is 5.11. The van der Waals surface area contributed by atoms with E-state index in [1.165, 1.54) is 6.42 Å². The lowest BCUT2D eigenvalue weighted by molar-refractivity contribution is 0.811. The fourth-order valence-corrected chi connectivity index (χ4v) is 0.814. The highest BCUT2D eigenvalue weighted by atomic mass is 35.5. The predicted molar refractivity (Wildman–Crippen MR) is 31.0 cm³/mol. The summed E-state index contributed by atoms with van der Waals surface area (Å²) in [5.41, 5.74) is 0. The maximum atomic E-state index is 5.57. The first-order valence-corrected chi connectivity index (χ1v) is 2.87. The van der Waals surface area contributed by atoms with Gasteiger partial charge in [-0.1, -0.05) is 17.7 Å². The van der Waals surface area contributed by atoms with Crippen LogP contribution in [0.1, 0.15) is 19.3 Å². The number of allylic oxidation sites excluding steroid dienone is 2. The van der Waals surface area contributed by atoms with E-state index in [4.69, 9.17) is 11.6 Å². The minimum atomic E-state index is 0.811. The van der Waals surface area contributed by atoms with Gasteiger partial charge in [-0.3, -0.25) is 0 Å². The molecular formula is C6H7Cl. The van der Waals surface area contributed by atoms with Gasteiger partial charge in [-0.25, -0.2) is 0 Å². The summed E-state index contributed by atoms with van der Waals surface area (Å²) in [4.78, 5) is 0. The normalized spacial score (nSPS) is 21.6. The van der Waals surface area contributed by atoms with Crippen LogP contribution in [0.15, 0.2) is 11.1 Å². The average Bonchev–Trinajstić information content (AvgIpc) is 1.69. The molecule has 1 rings (SSSR count). The molecule has 0 aliphatic heterocycles. The Hall–Kier alpha value is 0.0300. The van der Waals surface area contributed by atoms with E-state index in [0.717, 1.165) is 17.9 Å². The van der Waals surface area contributed by atoms with Crippen molar-refractivity contribution in [3.63, 3.8) is 0 Å². The molecule has 0 aromatic heterocycles. The van der Waals surface area contributed by atoms with Gasteiger partial charge < -0.3 is 0 Å². The Morgan fingerprint density at radius 3 is 2.86 bits per heavy atom. The number of hydrogen-bond acceptors (Lipinski definition) is 0. The Balaban J connectivity index is 2.40. The highest BCUT2D eigenvalue weighted by molar-refractivity contribution is 6.30. The van der Waals surface area contributed by atoms with Crippen LogP contribution < -0.4 is 0 Å². The second-order valence-electron chi connectivity index (χ2n) is 1.62. The molecule has 1 aliphatic carbocycles. The number of halogens is 1. The maximum absolute atomic E-state index is 5.57. The lowest BCUT2D eigenvalue weighted by atomic mass is 10.1. The summed E-state index contributed by atoms with van der Waals surface area (Å²) in [6.07, 6.45) is 8.40. The van der Waals surface area contributed by atoms with Gasteiger partial charge in [0.25, 0.3) is 0 Å². The molecule has 0 nitrogen and oxygen atoms in total. The van der Waals surface area contributed by atoms with Crippen molar-refractivity contribution in [2.75, 3.05) is 0 Å². The van der Waals surface area contributed by atoms with E-state index in [1.807, 2.05) is 6.08 Å². The van der Waals surface area contributed by atoms with E-state index in [9.17, 15) is 0 Å². The average molecular weight is 115 g/mol. The van der Waals surface area contributed by atoms with E-state index >= 15 is 0 Å². The van der Waals surface area contributed by atoms with Crippen LogP contribution >= 0.6 is 11.6 Å². The largest absolute Gasteiger partial charge is 0.0888 e. The summed E-state index contributed by atoms with van der Waals surface area (Å²) in [6, 6.07) is 0. The molecule has 0 heterocycles. The van der Waals surface area contributed by atoms with Gasteiger partial charge in [0.05, 0.1) is 0 Å². The summed E-state index contributed by atoms with van der Waals surface area (Å²) >= 11 is 5.57. The third-order valence-electron chi connectivity index (χ3n) is 0.998. The third kappa shape index (κ3) is 1.52. The molecule has 0 saturated carbocycles. The van der Waals surface area contributed by atoms with Gasteiger partial charge in [0.15, 0.2) is 0 Å². The lowest BCUT2D eigenvalue weighted by Gasteiger charge is -2.02. The van der Waals surface area contributed by atoms with E-state index < -0.39 is 0 Å². The van der Waals surface area contributed by atoms with Gasteiger partial charge >= 0.3 is 0 Å². The summed E-state index contributed by atoms with van der Waals surface area (Å²) < 4.78 is 0. The Bertz CT molecular complexity index is 84.2. The Morgan fingerprint density at radius 2 is 2.57 bits per heavy atom. The van der Waals surface area contributed by atoms with E-state index in [2.05, 4.69) is 6.42 Å². The first kappa shape index (κ1) is 5.17. The molecule has 1 aliphatic rings. The van der Waals surface area contributed by atoms with Crippen molar-refractivity contribution in [2.24, 2.45) is 0 Å². The smallest absolute Gasteiger partial charge is 0.0286 e. The molecule has 0 fully saturated rings. The third-order valence-corrected chi connectivity index (χ3v) is 1.29. The Labute approximate surface area is 49.2 Å². The minimum Gasteiger partial charge on any atom is -0.0888 e. The van der Waals surface area contributed by atoms with Crippen LogP contribution in [-0.4, -0.2) is 0 Å². The molecule has 0 bridgehead atoms. The van der Waals surface area contributed by atoms with Gasteiger partial charge in [0.1, 0.15) is 0 Å². The van der Waals surface area contributed by atoms with Crippen molar-refractivity contribution in [1.82, 2.24) is 0 Å². The van der Waals surface area contributed by atoms with Crippen LogP contribution in [0, 0.1) is 6.42 Å². The minimum absolute atomic E-state index is 0.811. The van der Waals surface area contributed by atoms with Crippen LogP contribution in [0.5, 0.6) is 0 Å². The predicted octanol–water partition coefficient (Wildman–Crippen LogP) is 2.37. The van der Waals surface area contributed by atoms with Crippen LogP contribution in [0.3, 0.4) is 0 Å². The molecule has 0 spiro atoms. The second-order valence-corrected chi connectivity index (χ2v) is 2.03.